The molecule has 1 amide bonds. The summed E-state index contributed by atoms with van der Waals surface area (Å²) in [5, 5.41) is 6.71. The van der Waals surface area contributed by atoms with E-state index in [0.717, 1.165) is 55.7 Å². The minimum Gasteiger partial charge on any atom is -0.340 e. The Hall–Kier alpha value is -0.630. The van der Waals surface area contributed by atoms with Crippen LogP contribution in [-0.2, 0) is 11.3 Å². The summed E-state index contributed by atoms with van der Waals surface area (Å²) in [6.07, 6.45) is 0.651. The second-order valence-corrected chi connectivity index (χ2v) is 8.16. The standard InChI is InChI=1S/C15H24N4OS2/c1-12-17-14(11-22-12)9-18-3-5-19(6-4-18)15(20)8-13-10-21-7-2-16-13/h11,13,16H,2-10H2,1H3. The van der Waals surface area contributed by atoms with Crippen molar-refractivity contribution in [3.05, 3.63) is 16.1 Å². The Bertz CT molecular complexity index is 493. The lowest BCUT2D eigenvalue weighted by Crippen LogP contribution is -2.50. The van der Waals surface area contributed by atoms with Crippen molar-refractivity contribution in [1.29, 1.82) is 0 Å². The van der Waals surface area contributed by atoms with E-state index in [1.54, 1.807) is 11.3 Å². The predicted molar refractivity (Wildman–Crippen MR) is 92.4 cm³/mol. The van der Waals surface area contributed by atoms with Crippen molar-refractivity contribution in [2.75, 3.05) is 44.2 Å². The molecule has 0 aliphatic carbocycles. The molecular weight excluding hydrogens is 316 g/mol. The average Bonchev–Trinajstić information content (AvgIpc) is 2.94. The molecule has 1 N–H and O–H groups in total. The van der Waals surface area contributed by atoms with E-state index in [1.807, 2.05) is 23.6 Å². The number of aromatic nitrogens is 1. The Balaban J connectivity index is 1.41. The Kier molecular flexibility index (Phi) is 5.73. The molecule has 0 aromatic carbocycles. The first kappa shape index (κ1) is 16.2. The third kappa shape index (κ3) is 4.44. The van der Waals surface area contributed by atoms with Gasteiger partial charge in [-0.25, -0.2) is 4.98 Å². The topological polar surface area (TPSA) is 48.5 Å². The van der Waals surface area contributed by atoms with E-state index in [1.165, 1.54) is 5.75 Å². The molecule has 2 saturated heterocycles. The third-order valence-corrected chi connectivity index (χ3v) is 6.15. The SMILES string of the molecule is Cc1nc(CN2CCN(C(=O)CC3CSCCN3)CC2)cs1. The number of aryl methyl sites for hydroxylation is 1. The molecule has 2 fully saturated rings. The number of nitrogens with one attached hydrogen (secondary N) is 1. The van der Waals surface area contributed by atoms with Gasteiger partial charge < -0.3 is 10.2 Å². The van der Waals surface area contributed by atoms with Gasteiger partial charge in [0.05, 0.1) is 10.7 Å². The minimum atomic E-state index is 0.309. The highest BCUT2D eigenvalue weighted by atomic mass is 32.2. The Labute approximate surface area is 140 Å². The lowest BCUT2D eigenvalue weighted by molar-refractivity contribution is -0.133. The molecule has 5 nitrogen and oxygen atoms in total. The maximum absolute atomic E-state index is 12.4. The fourth-order valence-corrected chi connectivity index (χ4v) is 4.51. The predicted octanol–water partition coefficient (Wildman–Crippen LogP) is 1.19. The van der Waals surface area contributed by atoms with Crippen molar-refractivity contribution >= 4 is 29.0 Å². The molecule has 1 aromatic rings. The zero-order chi connectivity index (χ0) is 15.4. The zero-order valence-electron chi connectivity index (χ0n) is 13.1. The summed E-state index contributed by atoms with van der Waals surface area (Å²) in [5.74, 6) is 2.54. The van der Waals surface area contributed by atoms with Crippen LogP contribution in [0.3, 0.4) is 0 Å². The molecule has 2 aliphatic heterocycles. The van der Waals surface area contributed by atoms with Crippen LogP contribution >= 0.6 is 23.1 Å². The second kappa shape index (κ2) is 7.77. The summed E-state index contributed by atoms with van der Waals surface area (Å²) in [6.45, 7) is 7.59. The molecule has 122 valence electrons. The van der Waals surface area contributed by atoms with Crippen molar-refractivity contribution in [3.63, 3.8) is 0 Å². The maximum Gasteiger partial charge on any atom is 0.224 e. The normalized spacial score (nSPS) is 23.7. The molecule has 0 radical (unpaired) electrons. The van der Waals surface area contributed by atoms with E-state index in [2.05, 4.69) is 20.6 Å². The summed E-state index contributed by atoms with van der Waals surface area (Å²) in [5.41, 5.74) is 1.16. The summed E-state index contributed by atoms with van der Waals surface area (Å²) in [6, 6.07) is 0.363. The van der Waals surface area contributed by atoms with Gasteiger partial charge >= 0.3 is 0 Å². The zero-order valence-corrected chi connectivity index (χ0v) is 14.7. The highest BCUT2D eigenvalue weighted by Gasteiger charge is 2.24. The smallest absolute Gasteiger partial charge is 0.224 e. The number of amides is 1. The van der Waals surface area contributed by atoms with Crippen LogP contribution in [0.2, 0.25) is 0 Å². The van der Waals surface area contributed by atoms with Crippen LogP contribution in [-0.4, -0.2) is 71.0 Å². The lowest BCUT2D eigenvalue weighted by atomic mass is 10.2. The van der Waals surface area contributed by atoms with Gasteiger partial charge in [-0.15, -0.1) is 11.3 Å². The minimum absolute atomic E-state index is 0.309. The number of hydrogen-bond acceptors (Lipinski definition) is 6. The van der Waals surface area contributed by atoms with Crippen molar-refractivity contribution < 1.29 is 4.79 Å². The number of nitrogens with zero attached hydrogens (tertiary/aromatic N) is 3. The van der Waals surface area contributed by atoms with Gasteiger partial charge in [0.1, 0.15) is 0 Å². The third-order valence-electron chi connectivity index (χ3n) is 4.20. The Morgan fingerprint density at radius 1 is 1.41 bits per heavy atom. The summed E-state index contributed by atoms with van der Waals surface area (Å²) >= 11 is 3.65. The number of rotatable bonds is 4. The highest BCUT2D eigenvalue weighted by molar-refractivity contribution is 7.99. The van der Waals surface area contributed by atoms with Gasteiger partial charge in [-0.05, 0) is 6.92 Å². The van der Waals surface area contributed by atoms with Crippen LogP contribution in [0, 0.1) is 6.92 Å². The molecule has 0 bridgehead atoms. The Morgan fingerprint density at radius 3 is 2.86 bits per heavy atom. The average molecular weight is 341 g/mol. The first-order valence-electron chi connectivity index (χ1n) is 7.93. The van der Waals surface area contributed by atoms with E-state index >= 15 is 0 Å². The molecular formula is C15H24N4OS2. The molecule has 1 unspecified atom stereocenters. The largest absolute Gasteiger partial charge is 0.340 e. The first-order valence-corrected chi connectivity index (χ1v) is 9.96. The van der Waals surface area contributed by atoms with Crippen molar-refractivity contribution in [1.82, 2.24) is 20.1 Å². The van der Waals surface area contributed by atoms with Gasteiger partial charge in [-0.1, -0.05) is 0 Å². The van der Waals surface area contributed by atoms with Gasteiger partial charge in [-0.3, -0.25) is 9.69 Å². The summed E-state index contributed by atoms with van der Waals surface area (Å²) < 4.78 is 0. The summed E-state index contributed by atoms with van der Waals surface area (Å²) in [7, 11) is 0. The van der Waals surface area contributed by atoms with Crippen LogP contribution in [0.4, 0.5) is 0 Å². The van der Waals surface area contributed by atoms with E-state index in [4.69, 9.17) is 0 Å². The molecule has 0 spiro atoms. The molecule has 7 heteroatoms. The number of hydrogen-bond donors (Lipinski definition) is 1. The van der Waals surface area contributed by atoms with E-state index in [9.17, 15) is 4.79 Å². The van der Waals surface area contributed by atoms with Gasteiger partial charge in [0, 0.05) is 68.6 Å². The van der Waals surface area contributed by atoms with Crippen LogP contribution in [0.5, 0.6) is 0 Å². The fraction of sp³-hybridized carbons (Fsp3) is 0.733. The van der Waals surface area contributed by atoms with Gasteiger partial charge in [0.15, 0.2) is 0 Å². The molecule has 1 atom stereocenters. The fourth-order valence-electron chi connectivity index (χ4n) is 2.96. The van der Waals surface area contributed by atoms with E-state index < -0.39 is 0 Å². The van der Waals surface area contributed by atoms with Crippen molar-refractivity contribution in [2.24, 2.45) is 0 Å². The van der Waals surface area contributed by atoms with E-state index in [0.29, 0.717) is 18.4 Å². The van der Waals surface area contributed by atoms with Gasteiger partial charge in [-0.2, -0.15) is 11.8 Å². The maximum atomic E-state index is 12.4. The van der Waals surface area contributed by atoms with Crippen molar-refractivity contribution in [2.45, 2.75) is 25.9 Å². The quantitative estimate of drug-likeness (QED) is 0.892. The number of piperazine rings is 1. The van der Waals surface area contributed by atoms with Crippen LogP contribution in [0.15, 0.2) is 5.38 Å². The molecule has 0 saturated carbocycles. The molecule has 3 heterocycles. The Morgan fingerprint density at radius 2 is 2.23 bits per heavy atom. The number of thiazole rings is 1. The molecule has 3 rings (SSSR count). The van der Waals surface area contributed by atoms with Gasteiger partial charge in [0.25, 0.3) is 0 Å². The van der Waals surface area contributed by atoms with Crippen LogP contribution < -0.4 is 5.32 Å². The lowest BCUT2D eigenvalue weighted by Gasteiger charge is -2.35. The summed E-state index contributed by atoms with van der Waals surface area (Å²) in [4.78, 5) is 21.3. The monoisotopic (exact) mass is 340 g/mol. The van der Waals surface area contributed by atoms with Gasteiger partial charge in [0.2, 0.25) is 5.91 Å². The van der Waals surface area contributed by atoms with E-state index in [-0.39, 0.29) is 0 Å². The molecule has 2 aliphatic rings. The number of thioether (sulfide) groups is 1. The number of carbonyl (C=O) groups is 1. The van der Waals surface area contributed by atoms with Crippen LogP contribution in [0.25, 0.3) is 0 Å². The molecule has 22 heavy (non-hydrogen) atoms. The number of carbonyl (C=O) groups excluding carboxylic acids is 1. The van der Waals surface area contributed by atoms with Crippen molar-refractivity contribution in [3.8, 4) is 0 Å². The highest BCUT2D eigenvalue weighted by Crippen LogP contribution is 2.14. The van der Waals surface area contributed by atoms with Crippen LogP contribution in [0.1, 0.15) is 17.1 Å². The first-order chi connectivity index (χ1) is 10.7. The second-order valence-electron chi connectivity index (χ2n) is 5.94. The molecule has 1 aromatic heterocycles.